The van der Waals surface area contributed by atoms with Gasteiger partial charge in [0.25, 0.3) is 5.91 Å². The summed E-state index contributed by atoms with van der Waals surface area (Å²) in [6.07, 6.45) is 1.21. The van der Waals surface area contributed by atoms with Crippen molar-refractivity contribution in [2.24, 2.45) is 0 Å². The second-order valence-corrected chi connectivity index (χ2v) is 9.94. The largest absolute Gasteiger partial charge is 0.322 e. The van der Waals surface area contributed by atoms with Gasteiger partial charge in [-0.05, 0) is 74.2 Å². The summed E-state index contributed by atoms with van der Waals surface area (Å²) in [6.45, 7) is 8.00. The molecule has 0 heterocycles. The van der Waals surface area contributed by atoms with Crippen LogP contribution in [-0.4, -0.2) is 20.6 Å². The maximum absolute atomic E-state index is 12.6. The van der Waals surface area contributed by atoms with E-state index in [9.17, 15) is 13.2 Å². The maximum Gasteiger partial charge on any atom is 0.255 e. The van der Waals surface area contributed by atoms with Gasteiger partial charge in [0.05, 0.1) is 18.5 Å². The third kappa shape index (κ3) is 5.52. The van der Waals surface area contributed by atoms with Crippen molar-refractivity contribution in [2.75, 3.05) is 15.9 Å². The van der Waals surface area contributed by atoms with E-state index in [1.54, 1.807) is 24.3 Å². The van der Waals surface area contributed by atoms with Crippen LogP contribution in [-0.2, 0) is 16.6 Å². The summed E-state index contributed by atoms with van der Waals surface area (Å²) in [7, 11) is -3.48. The topological polar surface area (TPSA) is 66.5 Å². The quantitative estimate of drug-likeness (QED) is 0.582. The summed E-state index contributed by atoms with van der Waals surface area (Å²) in [5, 5.41) is 2.93. The molecule has 0 aliphatic heterocycles. The Hall–Kier alpha value is -3.12. The first-order valence-corrected chi connectivity index (χ1v) is 11.9. The van der Waals surface area contributed by atoms with Gasteiger partial charge in [0.15, 0.2) is 0 Å². The molecule has 0 aliphatic carbocycles. The lowest BCUT2D eigenvalue weighted by Gasteiger charge is -2.25. The number of benzene rings is 3. The average molecular weight is 437 g/mol. The molecule has 1 N–H and O–H groups in total. The van der Waals surface area contributed by atoms with Gasteiger partial charge in [-0.2, -0.15) is 0 Å². The predicted octanol–water partition coefficient (Wildman–Crippen LogP) is 5.14. The Bertz CT molecular complexity index is 1220. The first kappa shape index (κ1) is 22.6. The Morgan fingerprint density at radius 3 is 2.06 bits per heavy atom. The SMILES string of the molecule is Cc1ccc(NC(=O)c2ccc(CN(c3cc(C)ccc3C)S(C)(=O)=O)cc2)c(C)c1. The highest BCUT2D eigenvalue weighted by atomic mass is 32.2. The van der Waals surface area contributed by atoms with Crippen LogP contribution in [0, 0.1) is 27.7 Å². The van der Waals surface area contributed by atoms with Crippen LogP contribution < -0.4 is 9.62 Å². The molecule has 3 aromatic carbocycles. The van der Waals surface area contributed by atoms with E-state index in [1.165, 1.54) is 10.6 Å². The lowest BCUT2D eigenvalue weighted by atomic mass is 10.1. The van der Waals surface area contributed by atoms with E-state index < -0.39 is 10.0 Å². The molecular weight excluding hydrogens is 408 g/mol. The number of sulfonamides is 1. The molecule has 31 heavy (non-hydrogen) atoms. The van der Waals surface area contributed by atoms with Crippen LogP contribution >= 0.6 is 0 Å². The van der Waals surface area contributed by atoms with E-state index in [-0.39, 0.29) is 12.5 Å². The summed E-state index contributed by atoms with van der Waals surface area (Å²) in [5.41, 5.74) is 6.78. The first-order valence-electron chi connectivity index (χ1n) is 10.1. The highest BCUT2D eigenvalue weighted by molar-refractivity contribution is 7.92. The van der Waals surface area contributed by atoms with E-state index in [1.807, 2.05) is 64.1 Å². The van der Waals surface area contributed by atoms with Gasteiger partial charge in [0.2, 0.25) is 10.0 Å². The molecule has 0 unspecified atom stereocenters. The van der Waals surface area contributed by atoms with Crippen molar-refractivity contribution >= 4 is 27.3 Å². The third-order valence-electron chi connectivity index (χ3n) is 5.21. The highest BCUT2D eigenvalue weighted by Crippen LogP contribution is 2.26. The predicted molar refractivity (Wildman–Crippen MR) is 127 cm³/mol. The Morgan fingerprint density at radius 2 is 1.45 bits per heavy atom. The molecule has 0 bridgehead atoms. The molecule has 0 spiro atoms. The summed E-state index contributed by atoms with van der Waals surface area (Å²) in [6, 6.07) is 18.7. The van der Waals surface area contributed by atoms with Crippen LogP contribution in [0.15, 0.2) is 60.7 Å². The van der Waals surface area contributed by atoms with Crippen LogP contribution in [0.3, 0.4) is 0 Å². The number of carbonyl (C=O) groups excluding carboxylic acids is 1. The van der Waals surface area contributed by atoms with E-state index in [0.29, 0.717) is 11.3 Å². The zero-order valence-electron chi connectivity index (χ0n) is 18.6. The lowest BCUT2D eigenvalue weighted by molar-refractivity contribution is 0.102. The lowest BCUT2D eigenvalue weighted by Crippen LogP contribution is -2.30. The standard InChI is InChI=1S/C25H28N2O3S/c1-17-7-13-23(20(4)14-17)26-25(28)22-11-9-21(10-12-22)16-27(31(5,29)30)24-15-18(2)6-8-19(24)3/h6-15H,16H2,1-5H3,(H,26,28). The van der Waals surface area contributed by atoms with Crippen molar-refractivity contribution in [3.05, 3.63) is 94.0 Å². The van der Waals surface area contributed by atoms with Gasteiger partial charge >= 0.3 is 0 Å². The van der Waals surface area contributed by atoms with Crippen molar-refractivity contribution < 1.29 is 13.2 Å². The van der Waals surface area contributed by atoms with Crippen LogP contribution in [0.25, 0.3) is 0 Å². The Kier molecular flexibility index (Phi) is 6.51. The number of aryl methyl sites for hydroxylation is 4. The molecule has 0 saturated carbocycles. The Morgan fingerprint density at radius 1 is 0.839 bits per heavy atom. The molecule has 0 atom stereocenters. The smallest absolute Gasteiger partial charge is 0.255 e. The average Bonchev–Trinajstić information content (AvgIpc) is 2.70. The second kappa shape index (κ2) is 8.94. The summed E-state index contributed by atoms with van der Waals surface area (Å²) in [5.74, 6) is -0.201. The number of anilines is 2. The number of hydrogen-bond donors (Lipinski definition) is 1. The fourth-order valence-corrected chi connectivity index (χ4v) is 4.38. The molecule has 0 fully saturated rings. The van der Waals surface area contributed by atoms with E-state index in [2.05, 4.69) is 5.32 Å². The fraction of sp³-hybridized carbons (Fsp3) is 0.240. The zero-order chi connectivity index (χ0) is 22.8. The van der Waals surface area contributed by atoms with Gasteiger partial charge < -0.3 is 5.32 Å². The molecule has 162 valence electrons. The van der Waals surface area contributed by atoms with Gasteiger partial charge in [0, 0.05) is 11.3 Å². The summed E-state index contributed by atoms with van der Waals surface area (Å²) in [4.78, 5) is 12.6. The molecule has 0 aliphatic rings. The summed E-state index contributed by atoms with van der Waals surface area (Å²) >= 11 is 0. The van der Waals surface area contributed by atoms with E-state index in [0.717, 1.165) is 33.5 Å². The van der Waals surface area contributed by atoms with Crippen molar-refractivity contribution in [3.63, 3.8) is 0 Å². The maximum atomic E-state index is 12.6. The third-order valence-corrected chi connectivity index (χ3v) is 6.33. The molecular formula is C25H28N2O3S. The number of carbonyl (C=O) groups is 1. The van der Waals surface area contributed by atoms with Gasteiger partial charge in [-0.25, -0.2) is 8.42 Å². The Labute approximate surface area is 184 Å². The molecule has 3 aromatic rings. The first-order chi connectivity index (χ1) is 14.5. The van der Waals surface area contributed by atoms with Crippen molar-refractivity contribution in [1.82, 2.24) is 0 Å². The molecule has 0 saturated heterocycles. The molecule has 5 nitrogen and oxygen atoms in total. The number of nitrogens with zero attached hydrogens (tertiary/aromatic N) is 1. The van der Waals surface area contributed by atoms with E-state index in [4.69, 9.17) is 0 Å². The minimum absolute atomic E-state index is 0.197. The van der Waals surface area contributed by atoms with Crippen LogP contribution in [0.4, 0.5) is 11.4 Å². The van der Waals surface area contributed by atoms with Crippen molar-refractivity contribution in [1.29, 1.82) is 0 Å². The van der Waals surface area contributed by atoms with Crippen LogP contribution in [0.5, 0.6) is 0 Å². The molecule has 3 rings (SSSR count). The van der Waals surface area contributed by atoms with Crippen molar-refractivity contribution in [2.45, 2.75) is 34.2 Å². The van der Waals surface area contributed by atoms with Crippen LogP contribution in [0.1, 0.15) is 38.2 Å². The zero-order valence-corrected chi connectivity index (χ0v) is 19.4. The minimum atomic E-state index is -3.48. The normalized spacial score (nSPS) is 11.3. The molecule has 6 heteroatoms. The molecule has 0 aromatic heterocycles. The van der Waals surface area contributed by atoms with E-state index >= 15 is 0 Å². The van der Waals surface area contributed by atoms with Gasteiger partial charge in [-0.15, -0.1) is 0 Å². The number of nitrogens with one attached hydrogen (secondary N) is 1. The number of rotatable bonds is 6. The Balaban J connectivity index is 1.81. The van der Waals surface area contributed by atoms with Crippen molar-refractivity contribution in [3.8, 4) is 0 Å². The number of amides is 1. The van der Waals surface area contributed by atoms with Gasteiger partial charge in [-0.1, -0.05) is 42.0 Å². The number of hydrogen-bond acceptors (Lipinski definition) is 3. The fourth-order valence-electron chi connectivity index (χ4n) is 3.44. The van der Waals surface area contributed by atoms with Gasteiger partial charge in [-0.3, -0.25) is 9.10 Å². The monoisotopic (exact) mass is 436 g/mol. The van der Waals surface area contributed by atoms with Crippen LogP contribution in [0.2, 0.25) is 0 Å². The highest BCUT2D eigenvalue weighted by Gasteiger charge is 2.20. The molecule has 1 amide bonds. The molecule has 0 radical (unpaired) electrons. The van der Waals surface area contributed by atoms with Gasteiger partial charge in [0.1, 0.15) is 0 Å². The minimum Gasteiger partial charge on any atom is -0.322 e. The second-order valence-electron chi connectivity index (χ2n) is 8.03. The summed E-state index contributed by atoms with van der Waals surface area (Å²) < 4.78 is 26.4.